The lowest BCUT2D eigenvalue weighted by molar-refractivity contribution is -0.118. The van der Waals surface area contributed by atoms with Gasteiger partial charge in [0.05, 0.1) is 24.4 Å². The summed E-state index contributed by atoms with van der Waals surface area (Å²) in [7, 11) is 1.55. The first-order valence-electron chi connectivity index (χ1n) is 8.57. The zero-order chi connectivity index (χ0) is 19.2. The van der Waals surface area contributed by atoms with E-state index < -0.39 is 6.04 Å². The molecule has 1 amide bonds. The maximum atomic E-state index is 13.0. The summed E-state index contributed by atoms with van der Waals surface area (Å²) in [6.07, 6.45) is 1.62. The fourth-order valence-corrected chi connectivity index (χ4v) is 3.05. The van der Waals surface area contributed by atoms with Crippen LogP contribution in [0.15, 0.2) is 71.3 Å². The van der Waals surface area contributed by atoms with Gasteiger partial charge < -0.3 is 14.5 Å². The van der Waals surface area contributed by atoms with Crippen LogP contribution in [0.3, 0.4) is 0 Å². The Labute approximate surface area is 163 Å². The van der Waals surface area contributed by atoms with Crippen LogP contribution in [0, 0.1) is 0 Å². The van der Waals surface area contributed by atoms with Gasteiger partial charge in [-0.25, -0.2) is 0 Å². The number of furan rings is 1. The van der Waals surface area contributed by atoms with Gasteiger partial charge in [-0.15, -0.1) is 0 Å². The molecular weight excluding hydrogens is 364 g/mol. The number of methoxy groups -OCH3 is 1. The summed E-state index contributed by atoms with van der Waals surface area (Å²) in [6.45, 7) is 1.95. The van der Waals surface area contributed by atoms with E-state index in [1.54, 1.807) is 31.6 Å². The monoisotopic (exact) mass is 384 g/mol. The van der Waals surface area contributed by atoms with Crippen molar-refractivity contribution in [3.8, 4) is 5.75 Å². The number of hydrogen-bond acceptors (Lipinski definition) is 4. The molecule has 0 unspecified atom stereocenters. The van der Waals surface area contributed by atoms with Crippen molar-refractivity contribution in [3.05, 3.63) is 83.3 Å². The van der Waals surface area contributed by atoms with E-state index in [0.717, 1.165) is 11.3 Å². The van der Waals surface area contributed by atoms with Crippen molar-refractivity contribution in [2.75, 3.05) is 12.4 Å². The smallest absolute Gasteiger partial charge is 0.246 e. The van der Waals surface area contributed by atoms with Crippen molar-refractivity contribution in [1.29, 1.82) is 0 Å². The van der Waals surface area contributed by atoms with Crippen LogP contribution in [0.4, 0.5) is 5.69 Å². The molecule has 2 N–H and O–H groups in total. The zero-order valence-electron chi connectivity index (χ0n) is 15.1. The highest BCUT2D eigenvalue weighted by Crippen LogP contribution is 2.28. The minimum atomic E-state index is -0.563. The molecule has 1 aromatic heterocycles. The summed E-state index contributed by atoms with van der Waals surface area (Å²) in [4.78, 5) is 13.0. The summed E-state index contributed by atoms with van der Waals surface area (Å²) in [5.74, 6) is 1.12. The van der Waals surface area contributed by atoms with Crippen LogP contribution in [-0.2, 0) is 4.79 Å². The molecule has 0 aliphatic rings. The fourth-order valence-electron chi connectivity index (χ4n) is 2.80. The molecule has 0 aliphatic carbocycles. The number of carbonyl (C=O) groups is 1. The topological polar surface area (TPSA) is 63.5 Å². The molecular formula is C21H21ClN2O3. The van der Waals surface area contributed by atoms with E-state index in [2.05, 4.69) is 10.6 Å². The molecule has 6 heteroatoms. The second kappa shape index (κ2) is 8.75. The highest BCUT2D eigenvalue weighted by atomic mass is 35.5. The third-order valence-corrected chi connectivity index (χ3v) is 4.50. The molecule has 0 saturated carbocycles. The number of amides is 1. The highest BCUT2D eigenvalue weighted by Gasteiger charge is 2.24. The number of anilines is 1. The van der Waals surface area contributed by atoms with Crippen molar-refractivity contribution in [3.63, 3.8) is 0 Å². The number of rotatable bonds is 7. The minimum absolute atomic E-state index is 0.143. The van der Waals surface area contributed by atoms with Crippen LogP contribution in [-0.4, -0.2) is 13.0 Å². The predicted octanol–water partition coefficient (Wildman–Crippen LogP) is 4.97. The molecule has 0 fully saturated rings. The van der Waals surface area contributed by atoms with Crippen molar-refractivity contribution in [1.82, 2.24) is 5.32 Å². The number of hydrogen-bond donors (Lipinski definition) is 2. The summed E-state index contributed by atoms with van der Waals surface area (Å²) in [5, 5.41) is 6.67. The van der Waals surface area contributed by atoms with E-state index in [0.29, 0.717) is 16.5 Å². The lowest BCUT2D eigenvalue weighted by Crippen LogP contribution is -2.34. The average Bonchev–Trinajstić information content (AvgIpc) is 3.21. The Balaban J connectivity index is 1.81. The number of carbonyl (C=O) groups excluding carboxylic acids is 1. The Morgan fingerprint density at radius 1 is 1.11 bits per heavy atom. The van der Waals surface area contributed by atoms with E-state index in [1.165, 1.54) is 0 Å². The highest BCUT2D eigenvalue weighted by molar-refractivity contribution is 6.32. The molecule has 3 aromatic rings. The van der Waals surface area contributed by atoms with Crippen LogP contribution in [0.1, 0.15) is 30.3 Å². The maximum Gasteiger partial charge on any atom is 0.246 e. The van der Waals surface area contributed by atoms with Crippen LogP contribution in [0.2, 0.25) is 5.02 Å². The summed E-state index contributed by atoms with van der Waals surface area (Å²) >= 11 is 6.16. The van der Waals surface area contributed by atoms with Gasteiger partial charge in [0.1, 0.15) is 17.6 Å². The van der Waals surface area contributed by atoms with Gasteiger partial charge in [0.25, 0.3) is 0 Å². The van der Waals surface area contributed by atoms with Crippen LogP contribution >= 0.6 is 11.6 Å². The standard InChI is InChI=1S/C21H21ClN2O3/c1-14(18-9-6-12-27-18)23-20(15-7-4-3-5-8-15)21(25)24-16-10-11-19(26-2)17(22)13-16/h3-14,20,23H,1-2H3,(H,24,25)/t14-,20-/m0/s1. The van der Waals surface area contributed by atoms with Gasteiger partial charge in [-0.1, -0.05) is 41.9 Å². The molecule has 0 bridgehead atoms. The Kier molecular flexibility index (Phi) is 6.16. The van der Waals surface area contributed by atoms with Gasteiger partial charge in [-0.2, -0.15) is 0 Å². The Hall–Kier alpha value is -2.76. The molecule has 140 valence electrons. The molecule has 3 rings (SSSR count). The van der Waals surface area contributed by atoms with E-state index in [1.807, 2.05) is 49.4 Å². The van der Waals surface area contributed by atoms with E-state index in [4.69, 9.17) is 20.8 Å². The summed E-state index contributed by atoms with van der Waals surface area (Å²) in [6, 6.07) is 17.7. The molecule has 2 aromatic carbocycles. The van der Waals surface area contributed by atoms with Gasteiger partial charge in [-0.05, 0) is 42.8 Å². The van der Waals surface area contributed by atoms with Gasteiger partial charge in [0, 0.05) is 5.69 Å². The third-order valence-electron chi connectivity index (χ3n) is 4.20. The zero-order valence-corrected chi connectivity index (χ0v) is 15.9. The Morgan fingerprint density at radius 3 is 2.52 bits per heavy atom. The van der Waals surface area contributed by atoms with E-state index in [-0.39, 0.29) is 11.9 Å². The molecule has 0 saturated heterocycles. The van der Waals surface area contributed by atoms with Crippen LogP contribution in [0.5, 0.6) is 5.75 Å². The Bertz CT molecular complexity index is 882. The maximum absolute atomic E-state index is 13.0. The number of halogens is 1. The fraction of sp³-hybridized carbons (Fsp3) is 0.190. The van der Waals surface area contributed by atoms with Crippen molar-refractivity contribution >= 4 is 23.2 Å². The summed E-state index contributed by atoms with van der Waals surface area (Å²) < 4.78 is 10.6. The van der Waals surface area contributed by atoms with E-state index >= 15 is 0 Å². The molecule has 27 heavy (non-hydrogen) atoms. The number of ether oxygens (including phenoxy) is 1. The first-order valence-corrected chi connectivity index (χ1v) is 8.95. The van der Waals surface area contributed by atoms with Crippen molar-refractivity contribution < 1.29 is 13.9 Å². The van der Waals surface area contributed by atoms with Crippen molar-refractivity contribution in [2.45, 2.75) is 19.0 Å². The van der Waals surface area contributed by atoms with E-state index in [9.17, 15) is 4.79 Å². The van der Waals surface area contributed by atoms with Crippen LogP contribution in [0.25, 0.3) is 0 Å². The lowest BCUT2D eigenvalue weighted by Gasteiger charge is -2.22. The second-order valence-corrected chi connectivity index (χ2v) is 6.49. The van der Waals surface area contributed by atoms with Crippen molar-refractivity contribution in [2.24, 2.45) is 0 Å². The molecule has 0 aliphatic heterocycles. The van der Waals surface area contributed by atoms with Gasteiger partial charge >= 0.3 is 0 Å². The molecule has 0 radical (unpaired) electrons. The lowest BCUT2D eigenvalue weighted by atomic mass is 10.0. The normalized spacial score (nSPS) is 13.0. The quantitative estimate of drug-likeness (QED) is 0.603. The molecule has 1 heterocycles. The predicted molar refractivity (Wildman–Crippen MR) is 106 cm³/mol. The Morgan fingerprint density at radius 2 is 1.89 bits per heavy atom. The number of nitrogens with one attached hydrogen (secondary N) is 2. The largest absolute Gasteiger partial charge is 0.495 e. The SMILES string of the molecule is COc1ccc(NC(=O)[C@@H](N[C@@H](C)c2ccco2)c2ccccc2)cc1Cl. The van der Waals surface area contributed by atoms with Gasteiger partial charge in [0.2, 0.25) is 5.91 Å². The summed E-state index contributed by atoms with van der Waals surface area (Å²) in [5.41, 5.74) is 1.45. The van der Waals surface area contributed by atoms with Gasteiger partial charge in [-0.3, -0.25) is 10.1 Å². The molecule has 5 nitrogen and oxygen atoms in total. The average molecular weight is 385 g/mol. The molecule has 2 atom stereocenters. The first kappa shape index (κ1) is 19.0. The minimum Gasteiger partial charge on any atom is -0.495 e. The third kappa shape index (κ3) is 4.70. The first-order chi connectivity index (χ1) is 13.1. The molecule has 0 spiro atoms. The number of benzene rings is 2. The second-order valence-electron chi connectivity index (χ2n) is 6.09. The van der Waals surface area contributed by atoms with Crippen LogP contribution < -0.4 is 15.4 Å². The van der Waals surface area contributed by atoms with Gasteiger partial charge in [0.15, 0.2) is 0 Å².